The molecule has 0 aromatic rings. The SMILES string of the molecule is CCC=C(C)NOC1NC(=O)N(CC)C(=O)C1C(=O)OF. The number of carbonyl (C=O) groups is 3. The van der Waals surface area contributed by atoms with E-state index in [1.54, 1.807) is 19.9 Å². The first-order chi connectivity index (χ1) is 9.96. The molecule has 118 valence electrons. The Kier molecular flexibility index (Phi) is 6.10. The summed E-state index contributed by atoms with van der Waals surface area (Å²) in [4.78, 5) is 44.1. The van der Waals surface area contributed by atoms with Crippen LogP contribution in [-0.4, -0.2) is 35.6 Å². The molecular formula is C12H18FN3O5. The average Bonchev–Trinajstić information content (AvgIpc) is 2.45. The van der Waals surface area contributed by atoms with Gasteiger partial charge >= 0.3 is 12.0 Å². The fraction of sp³-hybridized carbons (Fsp3) is 0.583. The number of hydroxylamine groups is 1. The van der Waals surface area contributed by atoms with E-state index in [4.69, 9.17) is 4.84 Å². The van der Waals surface area contributed by atoms with Gasteiger partial charge < -0.3 is 5.32 Å². The molecule has 0 saturated carbocycles. The number of rotatable bonds is 6. The number of hydrogen-bond acceptors (Lipinski definition) is 6. The smallest absolute Gasteiger partial charge is 0.309 e. The number of nitrogens with zero attached hydrogens (tertiary/aromatic N) is 1. The summed E-state index contributed by atoms with van der Waals surface area (Å²) < 4.78 is 12.1. The van der Waals surface area contributed by atoms with Gasteiger partial charge in [0.2, 0.25) is 5.91 Å². The second-order valence-corrected chi connectivity index (χ2v) is 4.34. The van der Waals surface area contributed by atoms with Crippen molar-refractivity contribution in [2.24, 2.45) is 5.92 Å². The van der Waals surface area contributed by atoms with E-state index in [1.165, 1.54) is 0 Å². The third-order valence-corrected chi connectivity index (χ3v) is 2.85. The largest absolute Gasteiger partial charge is 0.365 e. The standard InChI is InChI=1S/C12H18FN3O5/c1-4-6-7(3)15-21-9-8(11(18)20-13)10(17)16(5-2)12(19)14-9/h6,8-9,15H,4-5H2,1-3H3,(H,14,19). The molecule has 2 atom stereocenters. The molecule has 9 heteroatoms. The van der Waals surface area contributed by atoms with Gasteiger partial charge in [-0.3, -0.25) is 20.1 Å². The highest BCUT2D eigenvalue weighted by molar-refractivity contribution is 6.07. The van der Waals surface area contributed by atoms with Gasteiger partial charge in [-0.05, 0) is 20.3 Å². The molecule has 0 radical (unpaired) electrons. The Morgan fingerprint density at radius 2 is 2.14 bits per heavy atom. The first-order valence-electron chi connectivity index (χ1n) is 6.48. The predicted molar refractivity (Wildman–Crippen MR) is 68.7 cm³/mol. The molecule has 1 rings (SSSR count). The highest BCUT2D eigenvalue weighted by Gasteiger charge is 2.47. The van der Waals surface area contributed by atoms with Gasteiger partial charge in [-0.25, -0.2) is 14.4 Å². The normalized spacial score (nSPS) is 22.9. The van der Waals surface area contributed by atoms with Crippen LogP contribution in [0.2, 0.25) is 0 Å². The molecule has 1 fully saturated rings. The summed E-state index contributed by atoms with van der Waals surface area (Å²) >= 11 is 0. The van der Waals surface area contributed by atoms with Crippen molar-refractivity contribution >= 4 is 17.9 Å². The number of imide groups is 1. The first kappa shape index (κ1) is 16.9. The molecular weight excluding hydrogens is 285 g/mol. The molecule has 1 aliphatic heterocycles. The number of allylic oxidation sites excluding steroid dienone is 2. The van der Waals surface area contributed by atoms with Crippen LogP contribution in [0.25, 0.3) is 0 Å². The monoisotopic (exact) mass is 303 g/mol. The number of amides is 3. The minimum Gasteiger partial charge on any atom is -0.309 e. The van der Waals surface area contributed by atoms with Crippen LogP contribution in [0, 0.1) is 5.92 Å². The number of nitrogens with one attached hydrogen (secondary N) is 2. The maximum Gasteiger partial charge on any atom is 0.365 e. The van der Waals surface area contributed by atoms with Crippen LogP contribution in [-0.2, 0) is 19.4 Å². The van der Waals surface area contributed by atoms with Gasteiger partial charge in [0.05, 0.1) is 0 Å². The van der Waals surface area contributed by atoms with E-state index < -0.39 is 30.1 Å². The molecule has 0 aromatic heterocycles. The second kappa shape index (κ2) is 7.58. The van der Waals surface area contributed by atoms with Crippen LogP contribution in [0.1, 0.15) is 27.2 Å². The third-order valence-electron chi connectivity index (χ3n) is 2.85. The van der Waals surface area contributed by atoms with Crippen LogP contribution >= 0.6 is 0 Å². The van der Waals surface area contributed by atoms with E-state index in [-0.39, 0.29) is 6.54 Å². The van der Waals surface area contributed by atoms with Gasteiger partial charge in [0.1, 0.15) is 0 Å². The van der Waals surface area contributed by atoms with Crippen LogP contribution in [0.5, 0.6) is 0 Å². The van der Waals surface area contributed by atoms with E-state index in [0.717, 1.165) is 11.3 Å². The van der Waals surface area contributed by atoms with E-state index in [2.05, 4.69) is 15.7 Å². The quantitative estimate of drug-likeness (QED) is 0.555. The lowest BCUT2D eigenvalue weighted by molar-refractivity contribution is -0.200. The highest BCUT2D eigenvalue weighted by atomic mass is 19.3. The minimum absolute atomic E-state index is 0.0373. The fourth-order valence-electron chi connectivity index (χ4n) is 1.85. The van der Waals surface area contributed by atoms with Crippen molar-refractivity contribution in [3.63, 3.8) is 0 Å². The van der Waals surface area contributed by atoms with Gasteiger partial charge in [0.15, 0.2) is 12.1 Å². The Labute approximate surface area is 121 Å². The molecule has 0 aliphatic carbocycles. The Morgan fingerprint density at radius 3 is 2.67 bits per heavy atom. The van der Waals surface area contributed by atoms with Crippen LogP contribution < -0.4 is 10.8 Å². The molecule has 0 bridgehead atoms. The Balaban J connectivity index is 2.88. The Bertz CT molecular complexity index is 454. The Morgan fingerprint density at radius 1 is 1.48 bits per heavy atom. The van der Waals surface area contributed by atoms with Crippen molar-refractivity contribution in [2.75, 3.05) is 6.54 Å². The molecule has 3 amide bonds. The number of hydrogen-bond donors (Lipinski definition) is 2. The zero-order valence-corrected chi connectivity index (χ0v) is 12.0. The van der Waals surface area contributed by atoms with Crippen LogP contribution in [0.4, 0.5) is 9.32 Å². The molecule has 0 aromatic carbocycles. The zero-order chi connectivity index (χ0) is 16.0. The van der Waals surface area contributed by atoms with Gasteiger partial charge in [-0.2, -0.15) is 0 Å². The lowest BCUT2D eigenvalue weighted by Gasteiger charge is -2.34. The maximum atomic E-state index is 12.1. The molecule has 8 nitrogen and oxygen atoms in total. The number of urea groups is 1. The molecule has 1 aliphatic rings. The maximum absolute atomic E-state index is 12.1. The highest BCUT2D eigenvalue weighted by Crippen LogP contribution is 2.18. The van der Waals surface area contributed by atoms with Crippen molar-refractivity contribution in [2.45, 2.75) is 33.4 Å². The van der Waals surface area contributed by atoms with E-state index in [0.29, 0.717) is 5.70 Å². The van der Waals surface area contributed by atoms with Crippen LogP contribution in [0.15, 0.2) is 11.8 Å². The van der Waals surface area contributed by atoms with Gasteiger partial charge in [-0.15, -0.1) is 0 Å². The Hall–Kier alpha value is -2.16. The summed E-state index contributed by atoms with van der Waals surface area (Å²) in [5.74, 6) is -3.93. The molecule has 1 saturated heterocycles. The predicted octanol–water partition coefficient (Wildman–Crippen LogP) is 0.763. The number of halogens is 1. The topological polar surface area (TPSA) is 97.0 Å². The van der Waals surface area contributed by atoms with Gasteiger partial charge in [0, 0.05) is 16.8 Å². The first-order valence-corrected chi connectivity index (χ1v) is 6.48. The molecule has 2 N–H and O–H groups in total. The minimum atomic E-state index is -1.62. The lowest BCUT2D eigenvalue weighted by Crippen LogP contribution is -2.63. The molecule has 21 heavy (non-hydrogen) atoms. The van der Waals surface area contributed by atoms with Crippen molar-refractivity contribution < 1.29 is 28.7 Å². The van der Waals surface area contributed by atoms with E-state index >= 15 is 0 Å². The van der Waals surface area contributed by atoms with Crippen molar-refractivity contribution in [3.05, 3.63) is 11.8 Å². The summed E-state index contributed by atoms with van der Waals surface area (Å²) in [7, 11) is 0. The third kappa shape index (κ3) is 3.91. The summed E-state index contributed by atoms with van der Waals surface area (Å²) in [6, 6.07) is -0.727. The van der Waals surface area contributed by atoms with Gasteiger partial charge in [-0.1, -0.05) is 13.0 Å². The summed E-state index contributed by atoms with van der Waals surface area (Å²) in [6.07, 6.45) is 1.15. The molecule has 1 heterocycles. The summed E-state index contributed by atoms with van der Waals surface area (Å²) in [6.45, 7) is 5.18. The lowest BCUT2D eigenvalue weighted by atomic mass is 10.0. The molecule has 2 unspecified atom stereocenters. The number of carbonyl (C=O) groups excluding carboxylic acids is 3. The summed E-state index contributed by atoms with van der Waals surface area (Å²) in [5.41, 5.74) is 3.10. The average molecular weight is 303 g/mol. The van der Waals surface area contributed by atoms with E-state index in [1.807, 2.05) is 6.92 Å². The van der Waals surface area contributed by atoms with E-state index in [9.17, 15) is 18.9 Å². The van der Waals surface area contributed by atoms with Crippen molar-refractivity contribution in [1.82, 2.24) is 15.7 Å². The van der Waals surface area contributed by atoms with Crippen molar-refractivity contribution in [1.29, 1.82) is 0 Å². The van der Waals surface area contributed by atoms with Crippen LogP contribution in [0.3, 0.4) is 0 Å². The molecule has 0 spiro atoms. The summed E-state index contributed by atoms with van der Waals surface area (Å²) in [5, 5.41) is 2.30. The second-order valence-electron chi connectivity index (χ2n) is 4.34. The zero-order valence-electron chi connectivity index (χ0n) is 12.0. The van der Waals surface area contributed by atoms with Gasteiger partial charge in [0.25, 0.3) is 0 Å². The van der Waals surface area contributed by atoms with Crippen molar-refractivity contribution in [3.8, 4) is 0 Å². The fourth-order valence-corrected chi connectivity index (χ4v) is 1.85.